The van der Waals surface area contributed by atoms with Crippen molar-refractivity contribution in [3.8, 4) is 5.82 Å². The normalized spacial score (nSPS) is 14.2. The van der Waals surface area contributed by atoms with Crippen LogP contribution in [0.5, 0.6) is 0 Å². The fourth-order valence-corrected chi connectivity index (χ4v) is 3.12. The number of rotatable bonds is 4. The lowest BCUT2D eigenvalue weighted by molar-refractivity contribution is 0.102. The number of nitrogens with one attached hydrogen (secondary N) is 1. The topological polar surface area (TPSA) is 72.3 Å². The number of benzene rings is 1. The largest absolute Gasteiger partial charge is 0.378 e. The molecule has 0 aliphatic carbocycles. The van der Waals surface area contributed by atoms with E-state index in [0.717, 1.165) is 43.4 Å². The first-order valence-electron chi connectivity index (χ1n) is 8.92. The predicted molar refractivity (Wildman–Crippen MR) is 104 cm³/mol. The lowest BCUT2D eigenvalue weighted by Crippen LogP contribution is -2.36. The minimum absolute atomic E-state index is 0.186. The monoisotopic (exact) mass is 363 g/mol. The van der Waals surface area contributed by atoms with Crippen LogP contribution in [0.2, 0.25) is 0 Å². The molecule has 27 heavy (non-hydrogen) atoms. The minimum atomic E-state index is -0.186. The smallest absolute Gasteiger partial charge is 0.259 e. The summed E-state index contributed by atoms with van der Waals surface area (Å²) in [6.45, 7) is 5.13. The van der Waals surface area contributed by atoms with Gasteiger partial charge in [0.25, 0.3) is 5.91 Å². The van der Waals surface area contributed by atoms with E-state index in [1.54, 1.807) is 17.1 Å². The lowest BCUT2D eigenvalue weighted by atomic mass is 10.2. The van der Waals surface area contributed by atoms with E-state index in [2.05, 4.69) is 20.3 Å². The van der Waals surface area contributed by atoms with Gasteiger partial charge in [-0.3, -0.25) is 4.79 Å². The Bertz CT molecular complexity index is 915. The average Bonchev–Trinajstić information content (AvgIpc) is 3.11. The van der Waals surface area contributed by atoms with Crippen molar-refractivity contribution in [3.63, 3.8) is 0 Å². The first kappa shape index (κ1) is 17.2. The molecule has 1 amide bonds. The van der Waals surface area contributed by atoms with Crippen LogP contribution in [0.4, 0.5) is 11.4 Å². The van der Waals surface area contributed by atoms with Gasteiger partial charge in [0.05, 0.1) is 30.7 Å². The molecule has 0 saturated carbocycles. The number of aromatic nitrogens is 3. The van der Waals surface area contributed by atoms with E-state index < -0.39 is 0 Å². The maximum Gasteiger partial charge on any atom is 0.259 e. The molecule has 0 spiro atoms. The number of hydrogen-bond donors (Lipinski definition) is 1. The van der Waals surface area contributed by atoms with E-state index in [1.165, 1.54) is 0 Å². The number of amides is 1. The summed E-state index contributed by atoms with van der Waals surface area (Å²) in [5.41, 5.74) is 3.16. The van der Waals surface area contributed by atoms with E-state index in [9.17, 15) is 4.79 Å². The van der Waals surface area contributed by atoms with Crippen LogP contribution in [0, 0.1) is 6.92 Å². The average molecular weight is 363 g/mol. The Labute approximate surface area is 157 Å². The Kier molecular flexibility index (Phi) is 4.84. The molecular formula is C20H21N5O2. The molecule has 7 nitrogen and oxygen atoms in total. The molecule has 4 rings (SSSR count). The highest BCUT2D eigenvalue weighted by atomic mass is 16.5. The first-order chi connectivity index (χ1) is 13.2. The van der Waals surface area contributed by atoms with Gasteiger partial charge >= 0.3 is 0 Å². The number of nitrogens with zero attached hydrogens (tertiary/aromatic N) is 4. The Hall–Kier alpha value is -3.19. The third-order valence-electron chi connectivity index (χ3n) is 4.62. The Morgan fingerprint density at radius 3 is 2.59 bits per heavy atom. The molecule has 3 heterocycles. The third-order valence-corrected chi connectivity index (χ3v) is 4.62. The van der Waals surface area contributed by atoms with Crippen molar-refractivity contribution in [1.82, 2.24) is 14.8 Å². The number of carbonyl (C=O) groups is 1. The Morgan fingerprint density at radius 2 is 1.89 bits per heavy atom. The van der Waals surface area contributed by atoms with Gasteiger partial charge in [-0.05, 0) is 43.3 Å². The van der Waals surface area contributed by atoms with Gasteiger partial charge in [0.1, 0.15) is 0 Å². The van der Waals surface area contributed by atoms with Gasteiger partial charge in [-0.1, -0.05) is 6.07 Å². The minimum Gasteiger partial charge on any atom is -0.378 e. The zero-order valence-electron chi connectivity index (χ0n) is 15.1. The number of carbonyl (C=O) groups excluding carboxylic acids is 1. The van der Waals surface area contributed by atoms with Gasteiger partial charge in [-0.2, -0.15) is 5.10 Å². The molecule has 2 aromatic heterocycles. The molecule has 7 heteroatoms. The van der Waals surface area contributed by atoms with Gasteiger partial charge in [-0.25, -0.2) is 9.67 Å². The molecule has 3 aromatic rings. The molecule has 1 saturated heterocycles. The highest BCUT2D eigenvalue weighted by Crippen LogP contribution is 2.20. The van der Waals surface area contributed by atoms with Crippen LogP contribution in [0.3, 0.4) is 0 Å². The molecular weight excluding hydrogens is 342 g/mol. The summed E-state index contributed by atoms with van der Waals surface area (Å²) < 4.78 is 7.04. The molecule has 1 aliphatic heterocycles. The standard InChI is InChI=1S/C20H21N5O2/c1-15-18(14-22-25(15)19-4-2-3-9-21-19)20(26)23-16-5-7-17(8-6-16)24-10-12-27-13-11-24/h2-9,14H,10-13H2,1H3,(H,23,26). The van der Waals surface area contributed by atoms with Crippen molar-refractivity contribution in [2.75, 3.05) is 36.5 Å². The van der Waals surface area contributed by atoms with Crippen LogP contribution in [0.25, 0.3) is 5.82 Å². The second-order valence-corrected chi connectivity index (χ2v) is 6.34. The SMILES string of the molecule is Cc1c(C(=O)Nc2ccc(N3CCOCC3)cc2)cnn1-c1ccccn1. The molecule has 0 bridgehead atoms. The van der Waals surface area contributed by atoms with E-state index in [4.69, 9.17) is 4.74 Å². The number of pyridine rings is 1. The zero-order valence-corrected chi connectivity index (χ0v) is 15.1. The number of anilines is 2. The van der Waals surface area contributed by atoms with Crippen molar-refractivity contribution in [2.24, 2.45) is 0 Å². The van der Waals surface area contributed by atoms with Crippen molar-refractivity contribution in [2.45, 2.75) is 6.92 Å². The molecule has 0 atom stereocenters. The summed E-state index contributed by atoms with van der Waals surface area (Å²) >= 11 is 0. The molecule has 1 aromatic carbocycles. The van der Waals surface area contributed by atoms with Gasteiger partial charge < -0.3 is 15.0 Å². The summed E-state index contributed by atoms with van der Waals surface area (Å²) in [4.78, 5) is 19.2. The summed E-state index contributed by atoms with van der Waals surface area (Å²) in [7, 11) is 0. The maximum atomic E-state index is 12.7. The second kappa shape index (κ2) is 7.59. The second-order valence-electron chi connectivity index (χ2n) is 6.34. The fraction of sp³-hybridized carbons (Fsp3) is 0.250. The first-order valence-corrected chi connectivity index (χ1v) is 8.92. The summed E-state index contributed by atoms with van der Waals surface area (Å²) in [5, 5.41) is 7.24. The van der Waals surface area contributed by atoms with Gasteiger partial charge in [0, 0.05) is 30.7 Å². The summed E-state index contributed by atoms with van der Waals surface area (Å²) in [6, 6.07) is 13.5. The Balaban J connectivity index is 1.47. The number of hydrogen-bond acceptors (Lipinski definition) is 5. The summed E-state index contributed by atoms with van der Waals surface area (Å²) in [5.74, 6) is 0.498. The van der Waals surface area contributed by atoms with Crippen LogP contribution in [-0.2, 0) is 4.74 Å². The molecule has 0 radical (unpaired) electrons. The number of ether oxygens (including phenoxy) is 1. The molecule has 1 aliphatic rings. The van der Waals surface area contributed by atoms with Gasteiger partial charge in [0.2, 0.25) is 0 Å². The van der Waals surface area contributed by atoms with Crippen LogP contribution in [0.1, 0.15) is 16.1 Å². The maximum absolute atomic E-state index is 12.7. The summed E-state index contributed by atoms with van der Waals surface area (Å²) in [6.07, 6.45) is 3.27. The fourth-order valence-electron chi connectivity index (χ4n) is 3.12. The van der Waals surface area contributed by atoms with Crippen LogP contribution in [-0.4, -0.2) is 47.0 Å². The van der Waals surface area contributed by atoms with E-state index >= 15 is 0 Å². The van der Waals surface area contributed by atoms with Crippen LogP contribution < -0.4 is 10.2 Å². The molecule has 138 valence electrons. The highest BCUT2D eigenvalue weighted by molar-refractivity contribution is 6.05. The molecule has 0 unspecified atom stereocenters. The quantitative estimate of drug-likeness (QED) is 0.772. The van der Waals surface area contributed by atoms with Crippen molar-refractivity contribution in [1.29, 1.82) is 0 Å². The van der Waals surface area contributed by atoms with Crippen molar-refractivity contribution < 1.29 is 9.53 Å². The van der Waals surface area contributed by atoms with Crippen molar-refractivity contribution in [3.05, 3.63) is 66.1 Å². The van der Waals surface area contributed by atoms with E-state index in [-0.39, 0.29) is 5.91 Å². The van der Waals surface area contributed by atoms with E-state index in [1.807, 2.05) is 49.4 Å². The van der Waals surface area contributed by atoms with Gasteiger partial charge in [0.15, 0.2) is 5.82 Å². The lowest BCUT2D eigenvalue weighted by Gasteiger charge is -2.28. The highest BCUT2D eigenvalue weighted by Gasteiger charge is 2.16. The predicted octanol–water partition coefficient (Wildman–Crippen LogP) is 2.66. The van der Waals surface area contributed by atoms with Crippen LogP contribution in [0.15, 0.2) is 54.9 Å². The molecule has 1 N–H and O–H groups in total. The van der Waals surface area contributed by atoms with E-state index in [0.29, 0.717) is 11.4 Å². The molecule has 1 fully saturated rings. The zero-order chi connectivity index (χ0) is 18.6. The third kappa shape index (κ3) is 3.68. The van der Waals surface area contributed by atoms with Crippen molar-refractivity contribution >= 4 is 17.3 Å². The Morgan fingerprint density at radius 1 is 1.11 bits per heavy atom. The number of morpholine rings is 1. The van der Waals surface area contributed by atoms with Crippen LogP contribution >= 0.6 is 0 Å². The van der Waals surface area contributed by atoms with Gasteiger partial charge in [-0.15, -0.1) is 0 Å².